The predicted molar refractivity (Wildman–Crippen MR) is 110 cm³/mol. The van der Waals surface area contributed by atoms with E-state index in [9.17, 15) is 9.59 Å². The summed E-state index contributed by atoms with van der Waals surface area (Å²) >= 11 is 0. The molecular weight excluding hydrogens is 386 g/mol. The molecule has 0 bridgehead atoms. The van der Waals surface area contributed by atoms with Gasteiger partial charge in [0.25, 0.3) is 5.56 Å². The van der Waals surface area contributed by atoms with Gasteiger partial charge in [-0.25, -0.2) is 4.98 Å². The van der Waals surface area contributed by atoms with Crippen molar-refractivity contribution in [2.24, 2.45) is 0 Å². The topological polar surface area (TPSA) is 113 Å². The molecule has 1 saturated heterocycles. The van der Waals surface area contributed by atoms with E-state index < -0.39 is 0 Å². The number of Topliss-reactive ketones (excluding diaryl/α,β-unsaturated/α-hetero) is 1. The van der Waals surface area contributed by atoms with E-state index >= 15 is 0 Å². The van der Waals surface area contributed by atoms with Gasteiger partial charge in [-0.2, -0.15) is 4.98 Å². The molecule has 2 aliphatic rings. The summed E-state index contributed by atoms with van der Waals surface area (Å²) in [5, 5.41) is 3.56. The second-order valence-corrected chi connectivity index (χ2v) is 7.69. The lowest BCUT2D eigenvalue weighted by Gasteiger charge is -2.26. The van der Waals surface area contributed by atoms with Crippen molar-refractivity contribution < 1.29 is 13.9 Å². The van der Waals surface area contributed by atoms with Crippen molar-refractivity contribution >= 4 is 22.8 Å². The first-order valence-corrected chi connectivity index (χ1v) is 10.2. The van der Waals surface area contributed by atoms with Gasteiger partial charge in [-0.05, 0) is 24.1 Å². The highest BCUT2D eigenvalue weighted by atomic mass is 16.5. The van der Waals surface area contributed by atoms with E-state index in [0.29, 0.717) is 47.5 Å². The summed E-state index contributed by atoms with van der Waals surface area (Å²) in [6, 6.07) is 3.68. The number of fused-ring (bicyclic) bond motifs is 3. The number of ketones is 1. The summed E-state index contributed by atoms with van der Waals surface area (Å²) in [4.78, 5) is 39.5. The second kappa shape index (κ2) is 8.00. The molecule has 2 N–H and O–H groups in total. The third-order valence-electron chi connectivity index (χ3n) is 5.80. The number of anilines is 1. The molecule has 0 aromatic carbocycles. The Balaban J connectivity index is 1.40. The van der Waals surface area contributed by atoms with Crippen molar-refractivity contribution in [3.8, 4) is 0 Å². The Morgan fingerprint density at radius 3 is 2.90 bits per heavy atom. The Labute approximate surface area is 172 Å². The third-order valence-corrected chi connectivity index (χ3v) is 5.80. The molecule has 0 saturated carbocycles. The SMILES string of the molecule is O=C1C[C@@H](c2ccco2)Cc2c1cnc1nc(NCCN3CCOCC3)[nH]c(=O)c21. The molecule has 3 aromatic rings. The molecule has 30 heavy (non-hydrogen) atoms. The van der Waals surface area contributed by atoms with Crippen molar-refractivity contribution in [2.45, 2.75) is 18.8 Å². The molecule has 156 valence electrons. The monoisotopic (exact) mass is 409 g/mol. The number of carbonyl (C=O) groups is 1. The molecule has 0 spiro atoms. The number of rotatable bonds is 5. The van der Waals surface area contributed by atoms with Crippen LogP contribution in [0.5, 0.6) is 0 Å². The lowest BCUT2D eigenvalue weighted by Crippen LogP contribution is -2.39. The van der Waals surface area contributed by atoms with E-state index in [4.69, 9.17) is 9.15 Å². The number of carbonyl (C=O) groups excluding carboxylic acids is 1. The van der Waals surface area contributed by atoms with Gasteiger partial charge < -0.3 is 14.5 Å². The number of aromatic amines is 1. The largest absolute Gasteiger partial charge is 0.469 e. The van der Waals surface area contributed by atoms with Crippen molar-refractivity contribution in [2.75, 3.05) is 44.7 Å². The summed E-state index contributed by atoms with van der Waals surface area (Å²) in [5.41, 5.74) is 1.27. The zero-order valence-corrected chi connectivity index (χ0v) is 16.5. The highest BCUT2D eigenvalue weighted by Gasteiger charge is 2.30. The van der Waals surface area contributed by atoms with Crippen molar-refractivity contribution in [1.29, 1.82) is 0 Å². The lowest BCUT2D eigenvalue weighted by molar-refractivity contribution is 0.0398. The maximum absolute atomic E-state index is 12.9. The maximum Gasteiger partial charge on any atom is 0.262 e. The summed E-state index contributed by atoms with van der Waals surface area (Å²) in [7, 11) is 0. The van der Waals surface area contributed by atoms with Crippen LogP contribution in [0.4, 0.5) is 5.95 Å². The molecule has 1 fully saturated rings. The molecule has 1 aliphatic carbocycles. The summed E-state index contributed by atoms with van der Waals surface area (Å²) in [5.74, 6) is 1.03. The molecule has 1 aliphatic heterocycles. The third kappa shape index (κ3) is 3.61. The maximum atomic E-state index is 12.9. The molecule has 0 radical (unpaired) electrons. The molecule has 9 nitrogen and oxygen atoms in total. The molecule has 9 heteroatoms. The highest BCUT2D eigenvalue weighted by molar-refractivity contribution is 6.02. The van der Waals surface area contributed by atoms with Crippen LogP contribution in [-0.2, 0) is 11.2 Å². The molecule has 1 atom stereocenters. The molecule has 3 aromatic heterocycles. The standard InChI is InChI=1S/C21H23N5O4/c27-16-11-13(17-2-1-7-30-17)10-14-15(16)12-23-19-18(14)20(28)25-21(24-19)22-3-4-26-5-8-29-9-6-26/h1-2,7,12-13H,3-6,8-11H2,(H2,22,23,24,25,28)/t13-/m0/s1. The summed E-state index contributed by atoms with van der Waals surface area (Å²) in [6.45, 7) is 4.79. The van der Waals surface area contributed by atoms with Gasteiger partial charge in [-0.15, -0.1) is 0 Å². The lowest BCUT2D eigenvalue weighted by atomic mass is 9.81. The first-order valence-electron chi connectivity index (χ1n) is 10.2. The normalized spacial score (nSPS) is 19.7. The number of ether oxygens (including phenoxy) is 1. The number of nitrogens with zero attached hydrogens (tertiary/aromatic N) is 3. The van der Waals surface area contributed by atoms with Gasteiger partial charge in [0.2, 0.25) is 5.95 Å². The molecule has 4 heterocycles. The van der Waals surface area contributed by atoms with Crippen LogP contribution in [0, 0.1) is 0 Å². The number of hydrogen-bond donors (Lipinski definition) is 2. The van der Waals surface area contributed by atoms with Gasteiger partial charge >= 0.3 is 0 Å². The number of aromatic nitrogens is 3. The summed E-state index contributed by atoms with van der Waals surface area (Å²) < 4.78 is 10.9. The van der Waals surface area contributed by atoms with Crippen LogP contribution in [0.15, 0.2) is 33.8 Å². The number of hydrogen-bond acceptors (Lipinski definition) is 8. The first kappa shape index (κ1) is 19.0. The molecular formula is C21H23N5O4. The van der Waals surface area contributed by atoms with Crippen LogP contribution in [0.3, 0.4) is 0 Å². The van der Waals surface area contributed by atoms with Crippen LogP contribution in [0.1, 0.15) is 34.0 Å². The van der Waals surface area contributed by atoms with E-state index in [0.717, 1.165) is 38.6 Å². The van der Waals surface area contributed by atoms with Gasteiger partial charge in [0.05, 0.1) is 24.9 Å². The van der Waals surface area contributed by atoms with Crippen molar-refractivity contribution in [1.82, 2.24) is 19.9 Å². The fraction of sp³-hybridized carbons (Fsp3) is 0.429. The Bertz CT molecular complexity index is 1120. The first-order chi connectivity index (χ1) is 14.7. The highest BCUT2D eigenvalue weighted by Crippen LogP contribution is 2.34. The van der Waals surface area contributed by atoms with E-state index in [1.165, 1.54) is 0 Å². The number of pyridine rings is 1. The van der Waals surface area contributed by atoms with Crippen molar-refractivity contribution in [3.05, 3.63) is 51.8 Å². The Kier molecular flexibility index (Phi) is 5.06. The van der Waals surface area contributed by atoms with Gasteiger partial charge in [0.1, 0.15) is 5.76 Å². The summed E-state index contributed by atoms with van der Waals surface area (Å²) in [6.07, 6.45) is 4.04. The van der Waals surface area contributed by atoms with E-state index in [-0.39, 0.29) is 17.3 Å². The van der Waals surface area contributed by atoms with Crippen molar-refractivity contribution in [3.63, 3.8) is 0 Å². The van der Waals surface area contributed by atoms with Gasteiger partial charge in [0.15, 0.2) is 11.4 Å². The Hall–Kier alpha value is -3.04. The zero-order valence-electron chi connectivity index (χ0n) is 16.5. The number of H-pyrrole nitrogens is 1. The fourth-order valence-electron chi connectivity index (χ4n) is 4.24. The minimum Gasteiger partial charge on any atom is -0.469 e. The second-order valence-electron chi connectivity index (χ2n) is 7.69. The predicted octanol–water partition coefficient (Wildman–Crippen LogP) is 1.57. The van der Waals surface area contributed by atoms with Crippen LogP contribution in [0.2, 0.25) is 0 Å². The minimum atomic E-state index is -0.286. The minimum absolute atomic E-state index is 0.0286. The number of nitrogens with one attached hydrogen (secondary N) is 2. The zero-order chi connectivity index (χ0) is 20.5. The van der Waals surface area contributed by atoms with E-state index in [1.807, 2.05) is 12.1 Å². The molecule has 0 amide bonds. The number of morpholine rings is 1. The van der Waals surface area contributed by atoms with Crippen LogP contribution in [0.25, 0.3) is 11.0 Å². The number of furan rings is 1. The van der Waals surface area contributed by atoms with Crippen LogP contribution >= 0.6 is 0 Å². The van der Waals surface area contributed by atoms with E-state index in [1.54, 1.807) is 12.5 Å². The smallest absolute Gasteiger partial charge is 0.262 e. The average Bonchev–Trinajstić information content (AvgIpc) is 3.29. The van der Waals surface area contributed by atoms with Crippen LogP contribution < -0.4 is 10.9 Å². The van der Waals surface area contributed by atoms with Crippen LogP contribution in [-0.4, -0.2) is 65.0 Å². The average molecular weight is 409 g/mol. The van der Waals surface area contributed by atoms with E-state index in [2.05, 4.69) is 25.2 Å². The molecule has 5 rings (SSSR count). The molecule has 0 unspecified atom stereocenters. The van der Waals surface area contributed by atoms with Gasteiger partial charge in [0, 0.05) is 50.3 Å². The van der Waals surface area contributed by atoms with Gasteiger partial charge in [-0.1, -0.05) is 0 Å². The Morgan fingerprint density at radius 2 is 2.10 bits per heavy atom. The van der Waals surface area contributed by atoms with Gasteiger partial charge in [-0.3, -0.25) is 19.5 Å². The fourth-order valence-corrected chi connectivity index (χ4v) is 4.24. The Morgan fingerprint density at radius 1 is 1.23 bits per heavy atom. The quantitative estimate of drug-likeness (QED) is 0.653.